The Labute approximate surface area is 100 Å². The Hall–Kier alpha value is -1.40. The third-order valence-corrected chi connectivity index (χ3v) is 2.08. The Bertz CT molecular complexity index is 450. The smallest absolute Gasteiger partial charge is 0.131 e. The van der Waals surface area contributed by atoms with Crippen molar-refractivity contribution in [1.29, 1.82) is 0 Å². The molecule has 0 saturated heterocycles. The second-order valence-electron chi connectivity index (χ2n) is 4.94. The molecule has 0 saturated carbocycles. The first-order valence-corrected chi connectivity index (χ1v) is 5.42. The molecule has 1 aromatic carbocycles. The van der Waals surface area contributed by atoms with Gasteiger partial charge in [-0.15, -0.1) is 0 Å². The largest absolute Gasteiger partial charge is 0.387 e. The van der Waals surface area contributed by atoms with E-state index in [4.69, 9.17) is 0 Å². The van der Waals surface area contributed by atoms with Crippen LogP contribution in [0, 0.1) is 28.9 Å². The van der Waals surface area contributed by atoms with Gasteiger partial charge in [0.15, 0.2) is 0 Å². The lowest BCUT2D eigenvalue weighted by molar-refractivity contribution is 0.179. The summed E-state index contributed by atoms with van der Waals surface area (Å²) in [5.41, 5.74) is -0.0734. The maximum absolute atomic E-state index is 13.3. The van der Waals surface area contributed by atoms with Crippen LogP contribution < -0.4 is 0 Å². The number of hydrogen-bond acceptors (Lipinski definition) is 1. The van der Waals surface area contributed by atoms with Gasteiger partial charge < -0.3 is 5.11 Å². The average molecular weight is 238 g/mol. The van der Waals surface area contributed by atoms with E-state index >= 15 is 0 Å². The van der Waals surface area contributed by atoms with E-state index in [1.165, 1.54) is 6.07 Å². The SMILES string of the molecule is CC(C)(C)C#CCC(O)c1ccc(F)cc1F. The van der Waals surface area contributed by atoms with Gasteiger partial charge in [-0.25, -0.2) is 8.78 Å². The highest BCUT2D eigenvalue weighted by Crippen LogP contribution is 2.20. The van der Waals surface area contributed by atoms with Crippen LogP contribution in [0.1, 0.15) is 38.9 Å². The zero-order valence-electron chi connectivity index (χ0n) is 10.2. The predicted octanol–water partition coefficient (Wildman–Crippen LogP) is 3.44. The second-order valence-corrected chi connectivity index (χ2v) is 4.94. The maximum Gasteiger partial charge on any atom is 0.131 e. The fourth-order valence-corrected chi connectivity index (χ4v) is 1.29. The van der Waals surface area contributed by atoms with Crippen molar-refractivity contribution in [2.75, 3.05) is 0 Å². The number of benzene rings is 1. The third kappa shape index (κ3) is 4.54. The first-order chi connectivity index (χ1) is 7.79. The van der Waals surface area contributed by atoms with Gasteiger partial charge in [0.2, 0.25) is 0 Å². The Balaban J connectivity index is 2.76. The van der Waals surface area contributed by atoms with E-state index < -0.39 is 17.7 Å². The molecule has 17 heavy (non-hydrogen) atoms. The summed E-state index contributed by atoms with van der Waals surface area (Å²) < 4.78 is 26.0. The molecule has 92 valence electrons. The van der Waals surface area contributed by atoms with Gasteiger partial charge in [-0.3, -0.25) is 0 Å². The van der Waals surface area contributed by atoms with Crippen LogP contribution in [0.15, 0.2) is 18.2 Å². The summed E-state index contributed by atoms with van der Waals surface area (Å²) in [5.74, 6) is 4.36. The summed E-state index contributed by atoms with van der Waals surface area (Å²) in [4.78, 5) is 0. The minimum Gasteiger partial charge on any atom is -0.387 e. The minimum atomic E-state index is -1.02. The summed E-state index contributed by atoms with van der Waals surface area (Å²) in [7, 11) is 0. The Morgan fingerprint density at radius 3 is 2.47 bits per heavy atom. The zero-order chi connectivity index (χ0) is 13.1. The number of halogens is 2. The molecular weight excluding hydrogens is 222 g/mol. The van der Waals surface area contributed by atoms with E-state index in [0.717, 1.165) is 12.1 Å². The lowest BCUT2D eigenvalue weighted by Gasteiger charge is -2.10. The van der Waals surface area contributed by atoms with Crippen molar-refractivity contribution < 1.29 is 13.9 Å². The summed E-state index contributed by atoms with van der Waals surface area (Å²) in [5, 5.41) is 9.72. The van der Waals surface area contributed by atoms with Crippen molar-refractivity contribution in [2.45, 2.75) is 33.3 Å². The van der Waals surface area contributed by atoms with Crippen LogP contribution in [-0.4, -0.2) is 5.11 Å². The van der Waals surface area contributed by atoms with Crippen LogP contribution >= 0.6 is 0 Å². The Morgan fingerprint density at radius 1 is 1.29 bits per heavy atom. The van der Waals surface area contributed by atoms with Crippen LogP contribution in [0.25, 0.3) is 0 Å². The number of aliphatic hydroxyl groups excluding tert-OH is 1. The Kier molecular flexibility index (Phi) is 4.25. The molecule has 0 aliphatic heterocycles. The van der Waals surface area contributed by atoms with Gasteiger partial charge in [-0.1, -0.05) is 17.9 Å². The van der Waals surface area contributed by atoms with E-state index in [1.54, 1.807) is 0 Å². The molecule has 0 aliphatic carbocycles. The van der Waals surface area contributed by atoms with Crippen molar-refractivity contribution in [1.82, 2.24) is 0 Å². The lowest BCUT2D eigenvalue weighted by Crippen LogP contribution is -2.02. The van der Waals surface area contributed by atoms with E-state index in [0.29, 0.717) is 0 Å². The van der Waals surface area contributed by atoms with Crippen molar-refractivity contribution in [2.24, 2.45) is 5.41 Å². The maximum atomic E-state index is 13.3. The highest BCUT2D eigenvalue weighted by Gasteiger charge is 2.12. The predicted molar refractivity (Wildman–Crippen MR) is 63.2 cm³/mol. The lowest BCUT2D eigenvalue weighted by atomic mass is 9.97. The summed E-state index contributed by atoms with van der Waals surface area (Å²) in [6, 6.07) is 3.13. The summed E-state index contributed by atoms with van der Waals surface area (Å²) in [6.45, 7) is 5.85. The molecule has 0 heterocycles. The Morgan fingerprint density at radius 2 is 1.94 bits per heavy atom. The van der Waals surface area contributed by atoms with E-state index in [1.807, 2.05) is 20.8 Å². The van der Waals surface area contributed by atoms with Crippen LogP contribution in [0.3, 0.4) is 0 Å². The number of hydrogen-bond donors (Lipinski definition) is 1. The molecule has 0 fully saturated rings. The molecule has 3 heteroatoms. The van der Waals surface area contributed by atoms with Crippen molar-refractivity contribution in [3.63, 3.8) is 0 Å². The fourth-order valence-electron chi connectivity index (χ4n) is 1.29. The first-order valence-electron chi connectivity index (χ1n) is 5.42. The van der Waals surface area contributed by atoms with E-state index in [9.17, 15) is 13.9 Å². The van der Waals surface area contributed by atoms with Crippen LogP contribution in [-0.2, 0) is 0 Å². The van der Waals surface area contributed by atoms with Crippen LogP contribution in [0.5, 0.6) is 0 Å². The molecule has 0 amide bonds. The molecule has 1 aromatic rings. The molecule has 0 spiro atoms. The van der Waals surface area contributed by atoms with Gasteiger partial charge in [0.25, 0.3) is 0 Å². The minimum absolute atomic E-state index is 0.0783. The van der Waals surface area contributed by atoms with Gasteiger partial charge >= 0.3 is 0 Å². The van der Waals surface area contributed by atoms with Gasteiger partial charge in [0.05, 0.1) is 6.10 Å². The second kappa shape index (κ2) is 5.29. The highest BCUT2D eigenvalue weighted by molar-refractivity contribution is 5.22. The average Bonchev–Trinajstić information content (AvgIpc) is 2.15. The van der Waals surface area contributed by atoms with Gasteiger partial charge in [0, 0.05) is 23.5 Å². The van der Waals surface area contributed by atoms with Gasteiger partial charge in [0.1, 0.15) is 11.6 Å². The highest BCUT2D eigenvalue weighted by atomic mass is 19.1. The van der Waals surface area contributed by atoms with Crippen molar-refractivity contribution in [3.8, 4) is 11.8 Å². The normalized spacial score (nSPS) is 12.8. The fraction of sp³-hybridized carbons (Fsp3) is 0.429. The zero-order valence-corrected chi connectivity index (χ0v) is 10.2. The molecule has 1 unspecified atom stereocenters. The molecule has 1 rings (SSSR count). The topological polar surface area (TPSA) is 20.2 Å². The molecule has 1 N–H and O–H groups in total. The van der Waals surface area contributed by atoms with Gasteiger partial charge in [-0.05, 0) is 26.8 Å². The molecule has 1 nitrogen and oxygen atoms in total. The van der Waals surface area contributed by atoms with E-state index in [2.05, 4.69) is 11.8 Å². The molecule has 1 atom stereocenters. The molecule has 0 radical (unpaired) electrons. The first kappa shape index (κ1) is 13.7. The monoisotopic (exact) mass is 238 g/mol. The molecular formula is C14H16F2O. The standard InChI is InChI=1S/C14H16F2O/c1-14(2,3)8-4-5-13(17)11-7-6-10(15)9-12(11)16/h6-7,9,13,17H,5H2,1-3H3. The van der Waals surface area contributed by atoms with Crippen LogP contribution in [0.2, 0.25) is 0 Å². The number of aliphatic hydroxyl groups is 1. The molecule has 0 aromatic heterocycles. The van der Waals surface area contributed by atoms with Crippen molar-refractivity contribution in [3.05, 3.63) is 35.4 Å². The van der Waals surface area contributed by atoms with Crippen molar-refractivity contribution >= 4 is 0 Å². The summed E-state index contributed by atoms with van der Waals surface area (Å²) >= 11 is 0. The quantitative estimate of drug-likeness (QED) is 0.782. The molecule has 0 aliphatic rings. The van der Waals surface area contributed by atoms with E-state index in [-0.39, 0.29) is 17.4 Å². The summed E-state index contributed by atoms with van der Waals surface area (Å²) in [6.07, 6.45) is -0.884. The van der Waals surface area contributed by atoms with Crippen LogP contribution in [0.4, 0.5) is 8.78 Å². The van der Waals surface area contributed by atoms with Gasteiger partial charge in [-0.2, -0.15) is 0 Å². The third-order valence-electron chi connectivity index (χ3n) is 2.08. The number of rotatable bonds is 2. The molecule has 0 bridgehead atoms.